The first kappa shape index (κ1) is 20.4. The van der Waals surface area contributed by atoms with E-state index in [0.717, 1.165) is 11.3 Å². The summed E-state index contributed by atoms with van der Waals surface area (Å²) >= 11 is 0. The Balaban J connectivity index is 1.48. The summed E-state index contributed by atoms with van der Waals surface area (Å²) in [5.74, 6) is -0.991. The van der Waals surface area contributed by atoms with Gasteiger partial charge in [0.2, 0.25) is 5.91 Å². The number of carbonyl (C=O) groups excluding carboxylic acids is 3. The van der Waals surface area contributed by atoms with E-state index in [2.05, 4.69) is 5.32 Å². The number of amides is 2. The van der Waals surface area contributed by atoms with E-state index >= 15 is 0 Å². The summed E-state index contributed by atoms with van der Waals surface area (Å²) in [5.41, 5.74) is 2.43. The fourth-order valence-electron chi connectivity index (χ4n) is 3.09. The molecular formula is C22H24N2O5. The maximum atomic E-state index is 12.3. The van der Waals surface area contributed by atoms with Crippen molar-refractivity contribution in [2.45, 2.75) is 20.3 Å². The third-order valence-corrected chi connectivity index (χ3v) is 4.60. The van der Waals surface area contributed by atoms with E-state index in [4.69, 9.17) is 9.47 Å². The molecule has 7 heteroatoms. The summed E-state index contributed by atoms with van der Waals surface area (Å²) in [6.45, 7) is 4.27. The molecule has 0 radical (unpaired) electrons. The summed E-state index contributed by atoms with van der Waals surface area (Å²) in [6.07, 6.45) is 0.0766. The molecule has 1 aliphatic heterocycles. The predicted octanol–water partition coefficient (Wildman–Crippen LogP) is 2.93. The van der Waals surface area contributed by atoms with Gasteiger partial charge in [-0.05, 0) is 50.2 Å². The van der Waals surface area contributed by atoms with E-state index in [1.807, 2.05) is 38.1 Å². The van der Waals surface area contributed by atoms with Crippen LogP contribution in [0.15, 0.2) is 48.5 Å². The van der Waals surface area contributed by atoms with Crippen LogP contribution in [-0.2, 0) is 19.1 Å². The minimum absolute atomic E-state index is 0.0766. The Morgan fingerprint density at radius 2 is 1.79 bits per heavy atom. The van der Waals surface area contributed by atoms with Gasteiger partial charge in [-0.25, -0.2) is 0 Å². The van der Waals surface area contributed by atoms with Gasteiger partial charge in [0.25, 0.3) is 5.91 Å². The van der Waals surface area contributed by atoms with Gasteiger partial charge in [-0.2, -0.15) is 0 Å². The number of nitrogens with zero attached hydrogens (tertiary/aromatic N) is 1. The second-order valence-corrected chi connectivity index (χ2v) is 6.85. The highest BCUT2D eigenvalue weighted by Crippen LogP contribution is 2.26. The molecular weight excluding hydrogens is 372 g/mol. The molecule has 1 aliphatic rings. The summed E-state index contributed by atoms with van der Waals surface area (Å²) in [6, 6.07) is 14.4. The number of esters is 1. The van der Waals surface area contributed by atoms with Crippen molar-refractivity contribution in [3.63, 3.8) is 0 Å². The normalized spacial score (nSPS) is 15.9. The quantitative estimate of drug-likeness (QED) is 0.728. The summed E-state index contributed by atoms with van der Waals surface area (Å²) < 4.78 is 10.5. The van der Waals surface area contributed by atoms with E-state index in [-0.39, 0.29) is 18.9 Å². The van der Waals surface area contributed by atoms with Gasteiger partial charge in [0, 0.05) is 24.3 Å². The number of hydrogen-bond acceptors (Lipinski definition) is 5. The molecule has 0 spiro atoms. The van der Waals surface area contributed by atoms with Crippen LogP contribution >= 0.6 is 0 Å². The average Bonchev–Trinajstić information content (AvgIpc) is 3.10. The molecule has 1 fully saturated rings. The van der Waals surface area contributed by atoms with E-state index in [1.54, 1.807) is 29.2 Å². The second kappa shape index (κ2) is 9.23. The molecule has 1 atom stereocenters. The number of rotatable bonds is 7. The van der Waals surface area contributed by atoms with Crippen LogP contribution in [-0.4, -0.2) is 37.5 Å². The zero-order chi connectivity index (χ0) is 20.8. The molecule has 29 heavy (non-hydrogen) atoms. The maximum absolute atomic E-state index is 12.3. The van der Waals surface area contributed by atoms with Gasteiger partial charge in [-0.1, -0.05) is 17.7 Å². The lowest BCUT2D eigenvalue weighted by atomic mass is 10.1. The Morgan fingerprint density at radius 1 is 1.10 bits per heavy atom. The Hall–Kier alpha value is -3.35. The van der Waals surface area contributed by atoms with Crippen LogP contribution in [0.1, 0.15) is 18.9 Å². The average molecular weight is 396 g/mol. The van der Waals surface area contributed by atoms with Crippen molar-refractivity contribution in [2.24, 2.45) is 5.92 Å². The highest BCUT2D eigenvalue weighted by molar-refractivity contribution is 6.00. The third kappa shape index (κ3) is 5.34. The lowest BCUT2D eigenvalue weighted by molar-refractivity contribution is -0.151. The Bertz CT molecular complexity index is 877. The molecule has 0 saturated carbocycles. The van der Waals surface area contributed by atoms with Crippen molar-refractivity contribution < 1.29 is 23.9 Å². The Labute approximate surface area is 169 Å². The molecule has 2 amide bonds. The van der Waals surface area contributed by atoms with E-state index in [0.29, 0.717) is 18.0 Å². The van der Waals surface area contributed by atoms with Crippen LogP contribution in [0.5, 0.6) is 5.75 Å². The van der Waals surface area contributed by atoms with Gasteiger partial charge in [0.15, 0.2) is 6.61 Å². The molecule has 3 rings (SSSR count). The fourth-order valence-corrected chi connectivity index (χ4v) is 3.09. The van der Waals surface area contributed by atoms with Gasteiger partial charge >= 0.3 is 5.97 Å². The summed E-state index contributed by atoms with van der Waals surface area (Å²) in [5, 5.41) is 2.66. The van der Waals surface area contributed by atoms with Crippen LogP contribution in [0.2, 0.25) is 0 Å². The van der Waals surface area contributed by atoms with Crippen LogP contribution < -0.4 is 15.0 Å². The van der Waals surface area contributed by atoms with Gasteiger partial charge in [-0.15, -0.1) is 0 Å². The van der Waals surface area contributed by atoms with Gasteiger partial charge in [0.1, 0.15) is 5.75 Å². The number of anilines is 2. The number of carbonyl (C=O) groups is 3. The molecule has 7 nitrogen and oxygen atoms in total. The molecule has 2 aromatic rings. The van der Waals surface area contributed by atoms with Crippen molar-refractivity contribution >= 4 is 29.2 Å². The minimum atomic E-state index is -0.581. The standard InChI is InChI=1S/C22H24N2O5/c1-3-28-19-10-6-17(7-11-19)23-20(25)14-29-22(27)16-12-21(26)24(13-16)18-8-4-15(2)5-9-18/h4-11,16H,3,12-14H2,1-2H3,(H,23,25). The lowest BCUT2D eigenvalue weighted by Gasteiger charge is -2.16. The second-order valence-electron chi connectivity index (χ2n) is 6.85. The first-order chi connectivity index (χ1) is 14.0. The van der Waals surface area contributed by atoms with Crippen molar-refractivity contribution in [1.82, 2.24) is 0 Å². The minimum Gasteiger partial charge on any atom is -0.494 e. The number of nitrogens with one attached hydrogen (secondary N) is 1. The molecule has 1 saturated heterocycles. The number of ether oxygens (including phenoxy) is 2. The zero-order valence-corrected chi connectivity index (χ0v) is 16.5. The van der Waals surface area contributed by atoms with Gasteiger partial charge < -0.3 is 19.7 Å². The summed E-state index contributed by atoms with van der Waals surface area (Å²) in [7, 11) is 0. The molecule has 1 unspecified atom stereocenters. The van der Waals surface area contributed by atoms with Crippen LogP contribution in [0.25, 0.3) is 0 Å². The number of benzene rings is 2. The third-order valence-electron chi connectivity index (χ3n) is 4.60. The van der Waals surface area contributed by atoms with E-state index in [9.17, 15) is 14.4 Å². The fraction of sp³-hybridized carbons (Fsp3) is 0.318. The van der Waals surface area contributed by atoms with Crippen molar-refractivity contribution in [2.75, 3.05) is 30.0 Å². The van der Waals surface area contributed by atoms with Crippen molar-refractivity contribution in [3.05, 3.63) is 54.1 Å². The number of hydrogen-bond donors (Lipinski definition) is 1. The van der Waals surface area contributed by atoms with Crippen LogP contribution in [0.3, 0.4) is 0 Å². The molecule has 1 heterocycles. The first-order valence-electron chi connectivity index (χ1n) is 9.52. The molecule has 152 valence electrons. The zero-order valence-electron chi connectivity index (χ0n) is 16.5. The van der Waals surface area contributed by atoms with E-state index < -0.39 is 24.4 Å². The number of aryl methyl sites for hydroxylation is 1. The van der Waals surface area contributed by atoms with Crippen LogP contribution in [0.4, 0.5) is 11.4 Å². The summed E-state index contributed by atoms with van der Waals surface area (Å²) in [4.78, 5) is 38.2. The maximum Gasteiger partial charge on any atom is 0.311 e. The topological polar surface area (TPSA) is 84.9 Å². The van der Waals surface area contributed by atoms with Gasteiger partial charge in [0.05, 0.1) is 12.5 Å². The molecule has 1 N–H and O–H groups in total. The Morgan fingerprint density at radius 3 is 2.45 bits per heavy atom. The molecule has 2 aromatic carbocycles. The predicted molar refractivity (Wildman–Crippen MR) is 109 cm³/mol. The van der Waals surface area contributed by atoms with Gasteiger partial charge in [-0.3, -0.25) is 14.4 Å². The smallest absolute Gasteiger partial charge is 0.311 e. The van der Waals surface area contributed by atoms with Crippen molar-refractivity contribution in [1.29, 1.82) is 0 Å². The van der Waals surface area contributed by atoms with Crippen molar-refractivity contribution in [3.8, 4) is 5.75 Å². The Kier molecular flexibility index (Phi) is 6.49. The highest BCUT2D eigenvalue weighted by atomic mass is 16.5. The molecule has 0 bridgehead atoms. The monoisotopic (exact) mass is 396 g/mol. The first-order valence-corrected chi connectivity index (χ1v) is 9.52. The van der Waals surface area contributed by atoms with E-state index in [1.165, 1.54) is 0 Å². The largest absolute Gasteiger partial charge is 0.494 e. The van der Waals surface area contributed by atoms with Crippen LogP contribution in [0, 0.1) is 12.8 Å². The SMILES string of the molecule is CCOc1ccc(NC(=O)COC(=O)C2CC(=O)N(c3ccc(C)cc3)C2)cc1. The highest BCUT2D eigenvalue weighted by Gasteiger charge is 2.36. The lowest BCUT2D eigenvalue weighted by Crippen LogP contribution is -2.28. The molecule has 0 aliphatic carbocycles. The molecule has 0 aromatic heterocycles.